The summed E-state index contributed by atoms with van der Waals surface area (Å²) in [6, 6.07) is 21.0. The van der Waals surface area contributed by atoms with Crippen LogP contribution in [0.2, 0.25) is 5.04 Å². The van der Waals surface area contributed by atoms with E-state index in [4.69, 9.17) is 23.4 Å². The predicted molar refractivity (Wildman–Crippen MR) is 139 cm³/mol. The van der Waals surface area contributed by atoms with Crippen LogP contribution >= 0.6 is 0 Å². The van der Waals surface area contributed by atoms with Crippen molar-refractivity contribution in [2.24, 2.45) is 5.41 Å². The Balaban J connectivity index is 1.63. The molecule has 0 N–H and O–H groups in total. The summed E-state index contributed by atoms with van der Waals surface area (Å²) in [5, 5.41) is 2.14. The first-order valence-electron chi connectivity index (χ1n) is 12.8. The second kappa shape index (κ2) is 8.50. The molecule has 2 heterocycles. The molecule has 36 heavy (non-hydrogen) atoms. The van der Waals surface area contributed by atoms with E-state index >= 15 is 0 Å². The lowest BCUT2D eigenvalue weighted by Crippen LogP contribution is -2.69. The van der Waals surface area contributed by atoms with Crippen molar-refractivity contribution in [1.29, 1.82) is 0 Å². The Kier molecular flexibility index (Phi) is 6.04. The zero-order chi connectivity index (χ0) is 26.0. The molecule has 3 fully saturated rings. The third-order valence-corrected chi connectivity index (χ3v) is 13.2. The summed E-state index contributed by atoms with van der Waals surface area (Å²) in [6.07, 6.45) is -0.691. The average molecular weight is 511 g/mol. The lowest BCUT2D eigenvalue weighted by atomic mass is 9.95. The summed E-state index contributed by atoms with van der Waals surface area (Å²) >= 11 is 0. The molecule has 0 aromatic heterocycles. The minimum atomic E-state index is -2.93. The van der Waals surface area contributed by atoms with Crippen molar-refractivity contribution in [2.75, 3.05) is 6.61 Å². The molecule has 0 spiro atoms. The number of hydrogen-bond acceptors (Lipinski definition) is 6. The Hall–Kier alpha value is -2.03. The van der Waals surface area contributed by atoms with Crippen LogP contribution < -0.4 is 10.4 Å². The predicted octanol–water partition coefficient (Wildman–Crippen LogP) is 4.15. The van der Waals surface area contributed by atoms with Crippen LogP contribution in [-0.4, -0.2) is 50.8 Å². The van der Waals surface area contributed by atoms with Crippen molar-refractivity contribution in [3.8, 4) is 0 Å². The highest BCUT2D eigenvalue weighted by Gasteiger charge is 2.83. The fourth-order valence-electron chi connectivity index (χ4n) is 6.35. The van der Waals surface area contributed by atoms with Gasteiger partial charge in [0.1, 0.15) is 11.7 Å². The highest BCUT2D eigenvalue weighted by Crippen LogP contribution is 2.71. The number of hydrogen-bond donors (Lipinski definition) is 0. The quantitative estimate of drug-likeness (QED) is 0.430. The molecule has 2 aromatic rings. The summed E-state index contributed by atoms with van der Waals surface area (Å²) < 4.78 is 32.0. The smallest absolute Gasteiger partial charge is 0.305 e. The Morgan fingerprint density at radius 2 is 1.53 bits per heavy atom. The van der Waals surface area contributed by atoms with Gasteiger partial charge >= 0.3 is 5.97 Å². The molecule has 0 radical (unpaired) electrons. The van der Waals surface area contributed by atoms with E-state index in [1.165, 1.54) is 17.3 Å². The minimum absolute atomic E-state index is 0.220. The van der Waals surface area contributed by atoms with Gasteiger partial charge in [-0.2, -0.15) is 0 Å². The topological polar surface area (TPSA) is 63.2 Å². The maximum atomic E-state index is 12.2. The molecule has 7 heteroatoms. The minimum Gasteiger partial charge on any atom is -0.433 e. The Labute approximate surface area is 215 Å². The van der Waals surface area contributed by atoms with Crippen molar-refractivity contribution < 1.29 is 28.2 Å². The highest BCUT2D eigenvalue weighted by molar-refractivity contribution is 6.99. The van der Waals surface area contributed by atoms with Gasteiger partial charge in [-0.15, -0.1) is 0 Å². The summed E-state index contributed by atoms with van der Waals surface area (Å²) in [7, 11) is -2.93. The van der Waals surface area contributed by atoms with Crippen LogP contribution in [0.1, 0.15) is 54.9 Å². The molecular formula is C29H38O6Si. The van der Waals surface area contributed by atoms with Gasteiger partial charge in [0, 0.05) is 12.3 Å². The largest absolute Gasteiger partial charge is 0.433 e. The molecule has 6 nitrogen and oxygen atoms in total. The molecule has 3 aliphatic rings. The first-order valence-corrected chi connectivity index (χ1v) is 14.7. The van der Waals surface area contributed by atoms with Crippen LogP contribution in [0.15, 0.2) is 60.7 Å². The molecule has 2 aliphatic heterocycles. The fourth-order valence-corrected chi connectivity index (χ4v) is 11.2. The molecule has 0 amide bonds. The van der Waals surface area contributed by atoms with Crippen molar-refractivity contribution in [2.45, 2.75) is 89.8 Å². The first-order chi connectivity index (χ1) is 16.8. The summed E-state index contributed by atoms with van der Waals surface area (Å²) in [6.45, 7) is 14.6. The SMILES string of the molecule is CC(=O)OC1O[C@H]([C@@H]2COC(C)(C)O2)[C@@]2(C)C[C@]12O[Si](c1ccccc1)(c1ccccc1)C(C)(C)C. The molecule has 2 saturated heterocycles. The van der Waals surface area contributed by atoms with E-state index in [0.29, 0.717) is 13.0 Å². The van der Waals surface area contributed by atoms with Crippen LogP contribution in [0.3, 0.4) is 0 Å². The highest BCUT2D eigenvalue weighted by atomic mass is 28.4. The molecule has 5 rings (SSSR count). The monoisotopic (exact) mass is 510 g/mol. The lowest BCUT2D eigenvalue weighted by molar-refractivity contribution is -0.212. The lowest BCUT2D eigenvalue weighted by Gasteiger charge is -2.46. The molecule has 0 bridgehead atoms. The molecule has 2 aromatic carbocycles. The molecule has 194 valence electrons. The van der Waals surface area contributed by atoms with E-state index in [1.54, 1.807) is 0 Å². The maximum absolute atomic E-state index is 12.2. The van der Waals surface area contributed by atoms with Gasteiger partial charge in [-0.3, -0.25) is 4.79 Å². The van der Waals surface area contributed by atoms with Gasteiger partial charge in [-0.1, -0.05) is 88.4 Å². The van der Waals surface area contributed by atoms with Crippen LogP contribution in [0.25, 0.3) is 0 Å². The van der Waals surface area contributed by atoms with Crippen LogP contribution in [0, 0.1) is 5.41 Å². The average Bonchev–Trinajstić information content (AvgIpc) is 3.14. The summed E-state index contributed by atoms with van der Waals surface area (Å²) in [4.78, 5) is 12.2. The number of carbonyl (C=O) groups excluding carboxylic acids is 1. The third kappa shape index (κ3) is 3.87. The molecule has 1 saturated carbocycles. The van der Waals surface area contributed by atoms with E-state index in [0.717, 1.165) is 0 Å². The second-order valence-electron chi connectivity index (χ2n) is 12.1. The van der Waals surface area contributed by atoms with E-state index in [9.17, 15) is 4.79 Å². The Morgan fingerprint density at radius 1 is 0.972 bits per heavy atom. The molecule has 5 atom stereocenters. The van der Waals surface area contributed by atoms with Gasteiger partial charge in [0.2, 0.25) is 6.29 Å². The van der Waals surface area contributed by atoms with Gasteiger partial charge in [-0.25, -0.2) is 0 Å². The number of carbonyl (C=O) groups is 1. The van der Waals surface area contributed by atoms with Crippen LogP contribution in [-0.2, 0) is 28.2 Å². The standard InChI is InChI=1S/C29H38O6Si/c1-20(30)32-25-29(19-28(29,7)24(33-25)23-18-31-27(5,6)34-23)35-36(26(2,3)4,21-14-10-8-11-15-21)22-16-12-9-13-17-22/h8-17,23-25H,18-19H2,1-7H3/t23-,24+,25?,28+,29-/m0/s1. The number of fused-ring (bicyclic) bond motifs is 1. The Bertz CT molecular complexity index is 1070. The normalized spacial score (nSPS) is 33.2. The van der Waals surface area contributed by atoms with Crippen molar-refractivity contribution in [1.82, 2.24) is 0 Å². The van der Waals surface area contributed by atoms with Gasteiger partial charge in [0.15, 0.2) is 5.79 Å². The Morgan fingerprint density at radius 3 is 1.97 bits per heavy atom. The van der Waals surface area contributed by atoms with Crippen molar-refractivity contribution in [3.63, 3.8) is 0 Å². The number of ether oxygens (including phenoxy) is 4. The molecule has 1 unspecified atom stereocenters. The first kappa shape index (κ1) is 25.6. The molecule has 1 aliphatic carbocycles. The van der Waals surface area contributed by atoms with Crippen molar-refractivity contribution >= 4 is 24.7 Å². The van der Waals surface area contributed by atoms with Gasteiger partial charge in [0.05, 0.1) is 12.7 Å². The van der Waals surface area contributed by atoms with E-state index in [1.807, 2.05) is 26.0 Å². The van der Waals surface area contributed by atoms with Crippen LogP contribution in [0.5, 0.6) is 0 Å². The number of esters is 1. The third-order valence-electron chi connectivity index (χ3n) is 8.14. The van der Waals surface area contributed by atoms with Gasteiger partial charge in [0.25, 0.3) is 8.32 Å². The van der Waals surface area contributed by atoms with E-state index in [-0.39, 0.29) is 23.2 Å². The fraction of sp³-hybridized carbons (Fsp3) is 0.552. The van der Waals surface area contributed by atoms with E-state index < -0.39 is 31.4 Å². The van der Waals surface area contributed by atoms with Crippen molar-refractivity contribution in [3.05, 3.63) is 60.7 Å². The zero-order valence-corrected chi connectivity index (χ0v) is 23.4. The maximum Gasteiger partial charge on any atom is 0.305 e. The number of rotatable bonds is 6. The van der Waals surface area contributed by atoms with Gasteiger partial charge < -0.3 is 23.4 Å². The molecular weight excluding hydrogens is 472 g/mol. The zero-order valence-electron chi connectivity index (χ0n) is 22.4. The second-order valence-corrected chi connectivity index (χ2v) is 16.3. The van der Waals surface area contributed by atoms with Crippen LogP contribution in [0.4, 0.5) is 0 Å². The number of benzene rings is 2. The summed E-state index contributed by atoms with van der Waals surface area (Å²) in [5.41, 5.74) is -1.18. The van der Waals surface area contributed by atoms with E-state index in [2.05, 4.69) is 76.2 Å². The van der Waals surface area contributed by atoms with Gasteiger partial charge in [-0.05, 0) is 35.7 Å². The summed E-state index contributed by atoms with van der Waals surface area (Å²) in [5.74, 6) is -1.07.